The predicted octanol–water partition coefficient (Wildman–Crippen LogP) is 2.92. The van der Waals surface area contributed by atoms with Gasteiger partial charge in [0.1, 0.15) is 11.5 Å². The SMILES string of the molecule is CC1CC1c1ccc(CNCCOCC2CC2)o1. The van der Waals surface area contributed by atoms with Gasteiger partial charge in [-0.3, -0.25) is 0 Å². The molecule has 0 radical (unpaired) electrons. The van der Waals surface area contributed by atoms with Crippen molar-refractivity contribution >= 4 is 0 Å². The molecule has 2 aliphatic carbocycles. The molecule has 2 aliphatic rings. The molecule has 1 N–H and O–H groups in total. The lowest BCUT2D eigenvalue weighted by Crippen LogP contribution is -2.19. The molecule has 2 unspecified atom stereocenters. The van der Waals surface area contributed by atoms with Crippen LogP contribution in [-0.4, -0.2) is 19.8 Å². The fourth-order valence-corrected chi connectivity index (χ4v) is 2.30. The number of furan rings is 1. The zero-order chi connectivity index (χ0) is 12.4. The van der Waals surface area contributed by atoms with Crippen LogP contribution in [0.1, 0.15) is 43.6 Å². The summed E-state index contributed by atoms with van der Waals surface area (Å²) in [7, 11) is 0. The quantitative estimate of drug-likeness (QED) is 0.719. The molecule has 3 nitrogen and oxygen atoms in total. The third-order valence-electron chi connectivity index (χ3n) is 3.93. The lowest BCUT2D eigenvalue weighted by molar-refractivity contribution is 0.125. The molecular formula is C15H23NO2. The third kappa shape index (κ3) is 3.36. The van der Waals surface area contributed by atoms with E-state index in [2.05, 4.69) is 24.4 Å². The zero-order valence-electron chi connectivity index (χ0n) is 11.2. The summed E-state index contributed by atoms with van der Waals surface area (Å²) in [5.74, 6) is 4.57. The molecule has 1 aromatic rings. The highest BCUT2D eigenvalue weighted by Gasteiger charge is 2.36. The van der Waals surface area contributed by atoms with Crippen molar-refractivity contribution in [3.63, 3.8) is 0 Å². The van der Waals surface area contributed by atoms with Crippen molar-refractivity contribution in [2.75, 3.05) is 19.8 Å². The molecule has 0 aromatic carbocycles. The average Bonchev–Trinajstić information content (AvgIpc) is 3.26. The minimum Gasteiger partial charge on any atom is -0.464 e. The van der Waals surface area contributed by atoms with E-state index in [0.29, 0.717) is 5.92 Å². The van der Waals surface area contributed by atoms with E-state index in [0.717, 1.165) is 43.9 Å². The van der Waals surface area contributed by atoms with Gasteiger partial charge in [-0.25, -0.2) is 0 Å². The van der Waals surface area contributed by atoms with Crippen molar-refractivity contribution < 1.29 is 9.15 Å². The topological polar surface area (TPSA) is 34.4 Å². The molecule has 3 heteroatoms. The molecule has 2 saturated carbocycles. The maximum Gasteiger partial charge on any atom is 0.117 e. The normalized spacial score (nSPS) is 26.5. The van der Waals surface area contributed by atoms with E-state index >= 15 is 0 Å². The van der Waals surface area contributed by atoms with E-state index in [1.165, 1.54) is 25.0 Å². The monoisotopic (exact) mass is 249 g/mol. The highest BCUT2D eigenvalue weighted by molar-refractivity contribution is 5.17. The maximum atomic E-state index is 5.83. The Morgan fingerprint density at radius 3 is 2.94 bits per heavy atom. The van der Waals surface area contributed by atoms with Crippen LogP contribution in [0.4, 0.5) is 0 Å². The van der Waals surface area contributed by atoms with E-state index in [-0.39, 0.29) is 0 Å². The molecule has 1 aromatic heterocycles. The molecular weight excluding hydrogens is 226 g/mol. The van der Waals surface area contributed by atoms with Crippen molar-refractivity contribution in [1.82, 2.24) is 5.32 Å². The zero-order valence-corrected chi connectivity index (χ0v) is 11.2. The Kier molecular flexibility index (Phi) is 3.71. The van der Waals surface area contributed by atoms with Gasteiger partial charge < -0.3 is 14.5 Å². The summed E-state index contributed by atoms with van der Waals surface area (Å²) in [4.78, 5) is 0. The fraction of sp³-hybridized carbons (Fsp3) is 0.733. The molecule has 1 heterocycles. The Morgan fingerprint density at radius 2 is 2.22 bits per heavy atom. The lowest BCUT2D eigenvalue weighted by Gasteiger charge is -2.04. The first-order valence-corrected chi connectivity index (χ1v) is 7.20. The first-order valence-electron chi connectivity index (χ1n) is 7.20. The average molecular weight is 249 g/mol. The van der Waals surface area contributed by atoms with Crippen molar-refractivity contribution in [3.05, 3.63) is 23.7 Å². The second-order valence-electron chi connectivity index (χ2n) is 5.82. The van der Waals surface area contributed by atoms with Crippen molar-refractivity contribution in [3.8, 4) is 0 Å². The largest absolute Gasteiger partial charge is 0.464 e. The minimum atomic E-state index is 0.681. The maximum absolute atomic E-state index is 5.83. The smallest absolute Gasteiger partial charge is 0.117 e. The Morgan fingerprint density at radius 1 is 1.39 bits per heavy atom. The van der Waals surface area contributed by atoms with Crippen molar-refractivity contribution in [2.24, 2.45) is 11.8 Å². The van der Waals surface area contributed by atoms with Crippen LogP contribution >= 0.6 is 0 Å². The summed E-state index contributed by atoms with van der Waals surface area (Å²) >= 11 is 0. The highest BCUT2D eigenvalue weighted by Crippen LogP contribution is 2.47. The second-order valence-corrected chi connectivity index (χ2v) is 5.82. The van der Waals surface area contributed by atoms with Crippen LogP contribution in [0.25, 0.3) is 0 Å². The Hall–Kier alpha value is -0.800. The standard InChI is InChI=1S/C15H23NO2/c1-11-8-14(11)15-5-4-13(18-15)9-16-6-7-17-10-12-2-3-12/h4-5,11-12,14,16H,2-3,6-10H2,1H3. The van der Waals surface area contributed by atoms with Gasteiger partial charge in [0.25, 0.3) is 0 Å². The van der Waals surface area contributed by atoms with Gasteiger partial charge in [0, 0.05) is 19.1 Å². The first kappa shape index (κ1) is 12.2. The van der Waals surface area contributed by atoms with Crippen LogP contribution in [0, 0.1) is 11.8 Å². The highest BCUT2D eigenvalue weighted by atomic mass is 16.5. The Labute approximate surface area is 109 Å². The summed E-state index contributed by atoms with van der Waals surface area (Å²) in [5.41, 5.74) is 0. The van der Waals surface area contributed by atoms with E-state index in [9.17, 15) is 0 Å². The lowest BCUT2D eigenvalue weighted by atomic mass is 10.3. The molecule has 2 fully saturated rings. The molecule has 0 bridgehead atoms. The van der Waals surface area contributed by atoms with Gasteiger partial charge in [-0.05, 0) is 43.2 Å². The predicted molar refractivity (Wildman–Crippen MR) is 70.5 cm³/mol. The Bertz CT molecular complexity index is 384. The third-order valence-corrected chi connectivity index (χ3v) is 3.93. The van der Waals surface area contributed by atoms with Gasteiger partial charge in [0.2, 0.25) is 0 Å². The van der Waals surface area contributed by atoms with Gasteiger partial charge in [0.15, 0.2) is 0 Å². The van der Waals surface area contributed by atoms with Gasteiger partial charge in [-0.2, -0.15) is 0 Å². The molecule has 0 aliphatic heterocycles. The number of hydrogen-bond acceptors (Lipinski definition) is 3. The molecule has 0 amide bonds. The van der Waals surface area contributed by atoms with Crippen LogP contribution in [0.15, 0.2) is 16.5 Å². The van der Waals surface area contributed by atoms with Crippen LogP contribution < -0.4 is 5.32 Å². The number of ether oxygens (including phenoxy) is 1. The molecule has 3 rings (SSSR count). The van der Waals surface area contributed by atoms with E-state index < -0.39 is 0 Å². The molecule has 2 atom stereocenters. The fourth-order valence-electron chi connectivity index (χ4n) is 2.30. The number of rotatable bonds is 8. The van der Waals surface area contributed by atoms with Crippen LogP contribution in [0.5, 0.6) is 0 Å². The Balaban J connectivity index is 1.29. The van der Waals surface area contributed by atoms with Gasteiger partial charge in [-0.1, -0.05) is 6.92 Å². The molecule has 100 valence electrons. The van der Waals surface area contributed by atoms with Crippen LogP contribution in [-0.2, 0) is 11.3 Å². The van der Waals surface area contributed by atoms with E-state index in [1.54, 1.807) is 0 Å². The number of nitrogens with one attached hydrogen (secondary N) is 1. The summed E-state index contributed by atoms with van der Waals surface area (Å²) in [6.07, 6.45) is 4.01. The minimum absolute atomic E-state index is 0.681. The molecule has 0 spiro atoms. The van der Waals surface area contributed by atoms with Crippen molar-refractivity contribution in [2.45, 2.75) is 38.6 Å². The summed E-state index contributed by atoms with van der Waals surface area (Å²) in [5, 5.41) is 3.36. The molecule has 18 heavy (non-hydrogen) atoms. The van der Waals surface area contributed by atoms with Gasteiger partial charge in [-0.15, -0.1) is 0 Å². The first-order chi connectivity index (χ1) is 8.83. The second kappa shape index (κ2) is 5.45. The van der Waals surface area contributed by atoms with Crippen LogP contribution in [0.3, 0.4) is 0 Å². The van der Waals surface area contributed by atoms with Crippen molar-refractivity contribution in [1.29, 1.82) is 0 Å². The number of hydrogen-bond donors (Lipinski definition) is 1. The van der Waals surface area contributed by atoms with Gasteiger partial charge >= 0.3 is 0 Å². The van der Waals surface area contributed by atoms with E-state index in [1.807, 2.05) is 0 Å². The summed E-state index contributed by atoms with van der Waals surface area (Å²) in [6.45, 7) is 5.76. The molecule has 0 saturated heterocycles. The van der Waals surface area contributed by atoms with E-state index in [4.69, 9.17) is 9.15 Å². The van der Waals surface area contributed by atoms with Gasteiger partial charge in [0.05, 0.1) is 13.2 Å². The summed E-state index contributed by atoms with van der Waals surface area (Å²) < 4.78 is 11.4. The summed E-state index contributed by atoms with van der Waals surface area (Å²) in [6, 6.07) is 4.23. The van der Waals surface area contributed by atoms with Crippen LogP contribution in [0.2, 0.25) is 0 Å².